The molecular formula is C18H18N2O2. The molecule has 2 N–H and O–H groups in total. The van der Waals surface area contributed by atoms with Gasteiger partial charge in [-0.15, -0.1) is 0 Å². The topological polar surface area (TPSA) is 50.4 Å². The molecule has 0 heterocycles. The largest absolute Gasteiger partial charge is 0.453 e. The fraction of sp³-hybridized carbons (Fsp3) is 0.167. The van der Waals surface area contributed by atoms with E-state index in [1.54, 1.807) is 0 Å². The van der Waals surface area contributed by atoms with Crippen LogP contribution in [0.4, 0.5) is 10.5 Å². The zero-order chi connectivity index (χ0) is 15.4. The summed E-state index contributed by atoms with van der Waals surface area (Å²) in [5.41, 5.74) is 3.19. The number of nitrogens with one attached hydrogen (secondary N) is 2. The minimum Gasteiger partial charge on any atom is -0.453 e. The smallest absolute Gasteiger partial charge is 0.407 e. The summed E-state index contributed by atoms with van der Waals surface area (Å²) < 4.78 is 4.76. The van der Waals surface area contributed by atoms with Gasteiger partial charge >= 0.3 is 6.09 Å². The van der Waals surface area contributed by atoms with E-state index < -0.39 is 6.09 Å². The average Bonchev–Trinajstić information content (AvgIpc) is 2.57. The van der Waals surface area contributed by atoms with E-state index in [1.807, 2.05) is 54.6 Å². The highest BCUT2D eigenvalue weighted by Crippen LogP contribution is 2.30. The second-order valence-electron chi connectivity index (χ2n) is 5.14. The highest BCUT2D eigenvalue weighted by atomic mass is 16.5. The normalized spacial score (nSPS) is 19.1. The molecule has 4 nitrogen and oxygen atoms in total. The van der Waals surface area contributed by atoms with Gasteiger partial charge in [-0.1, -0.05) is 54.6 Å². The molecule has 2 aromatic carbocycles. The van der Waals surface area contributed by atoms with Gasteiger partial charge in [-0.25, -0.2) is 4.79 Å². The van der Waals surface area contributed by atoms with E-state index in [2.05, 4.69) is 22.8 Å². The first-order valence-corrected chi connectivity index (χ1v) is 7.21. The van der Waals surface area contributed by atoms with Crippen molar-refractivity contribution in [3.8, 4) is 0 Å². The van der Waals surface area contributed by atoms with Crippen LogP contribution in [0.2, 0.25) is 0 Å². The van der Waals surface area contributed by atoms with Crippen molar-refractivity contribution in [3.63, 3.8) is 0 Å². The van der Waals surface area contributed by atoms with E-state index >= 15 is 0 Å². The minimum atomic E-state index is -0.435. The van der Waals surface area contributed by atoms with Crippen LogP contribution in [0, 0.1) is 0 Å². The van der Waals surface area contributed by atoms with Crippen LogP contribution in [0.5, 0.6) is 0 Å². The third kappa shape index (κ3) is 2.96. The molecule has 112 valence electrons. The van der Waals surface area contributed by atoms with Crippen LogP contribution in [0.25, 0.3) is 6.08 Å². The number of ether oxygens (including phenoxy) is 1. The number of rotatable bonds is 3. The van der Waals surface area contributed by atoms with Crippen LogP contribution in [0.3, 0.4) is 0 Å². The lowest BCUT2D eigenvalue weighted by atomic mass is 9.89. The first-order chi connectivity index (χ1) is 10.8. The van der Waals surface area contributed by atoms with Crippen molar-refractivity contribution in [2.45, 2.75) is 12.1 Å². The van der Waals surface area contributed by atoms with Gasteiger partial charge in [0.25, 0.3) is 0 Å². The summed E-state index contributed by atoms with van der Waals surface area (Å²) in [6.45, 7) is 0. The lowest BCUT2D eigenvalue weighted by Gasteiger charge is -2.31. The molecule has 0 aromatic heterocycles. The van der Waals surface area contributed by atoms with E-state index in [0.29, 0.717) is 0 Å². The van der Waals surface area contributed by atoms with Crippen molar-refractivity contribution in [2.24, 2.45) is 0 Å². The molecule has 1 amide bonds. The molecule has 0 bridgehead atoms. The summed E-state index contributed by atoms with van der Waals surface area (Å²) in [7, 11) is 1.37. The molecule has 2 atom stereocenters. The van der Waals surface area contributed by atoms with Gasteiger partial charge in [-0.05, 0) is 23.3 Å². The number of alkyl carbamates (subject to hydrolysis) is 1. The average molecular weight is 294 g/mol. The Morgan fingerprint density at radius 2 is 1.77 bits per heavy atom. The summed E-state index contributed by atoms with van der Waals surface area (Å²) in [6.07, 6.45) is 3.70. The second kappa shape index (κ2) is 6.35. The van der Waals surface area contributed by atoms with Gasteiger partial charge in [0.05, 0.1) is 19.2 Å². The molecule has 0 fully saturated rings. The summed E-state index contributed by atoms with van der Waals surface area (Å²) >= 11 is 0. The third-order valence-corrected chi connectivity index (χ3v) is 3.74. The molecule has 0 aliphatic heterocycles. The Labute approximate surface area is 129 Å². The van der Waals surface area contributed by atoms with E-state index in [9.17, 15) is 4.79 Å². The summed E-state index contributed by atoms with van der Waals surface area (Å²) in [4.78, 5) is 11.7. The lowest BCUT2D eigenvalue weighted by molar-refractivity contribution is 0.166. The fourth-order valence-corrected chi connectivity index (χ4v) is 2.67. The van der Waals surface area contributed by atoms with Gasteiger partial charge in [-0.3, -0.25) is 0 Å². The zero-order valence-corrected chi connectivity index (χ0v) is 12.3. The van der Waals surface area contributed by atoms with Crippen LogP contribution in [-0.2, 0) is 4.74 Å². The summed E-state index contributed by atoms with van der Waals surface area (Å²) in [5.74, 6) is 0. The Morgan fingerprint density at radius 3 is 2.55 bits per heavy atom. The predicted molar refractivity (Wildman–Crippen MR) is 87.6 cm³/mol. The van der Waals surface area contributed by atoms with Crippen molar-refractivity contribution in [1.29, 1.82) is 0 Å². The SMILES string of the molecule is COC(=O)N[C@H]1c2ccccc2C=C[C@@H]1Nc1ccccc1. The van der Waals surface area contributed by atoms with Crippen molar-refractivity contribution in [2.75, 3.05) is 12.4 Å². The highest BCUT2D eigenvalue weighted by Gasteiger charge is 2.27. The molecular weight excluding hydrogens is 276 g/mol. The van der Waals surface area contributed by atoms with Crippen molar-refractivity contribution in [3.05, 3.63) is 71.8 Å². The Morgan fingerprint density at radius 1 is 1.05 bits per heavy atom. The summed E-state index contributed by atoms with van der Waals surface area (Å²) in [5, 5.41) is 6.36. The molecule has 2 aromatic rings. The molecule has 3 rings (SSSR count). The standard InChI is InChI=1S/C18H18N2O2/c1-22-18(21)20-17-15-10-6-5-7-13(15)11-12-16(17)19-14-8-3-2-4-9-14/h2-12,16-17,19H,1H3,(H,20,21)/t16-,17-/m0/s1. The van der Waals surface area contributed by atoms with Gasteiger partial charge in [0.1, 0.15) is 0 Å². The van der Waals surface area contributed by atoms with Gasteiger partial charge in [0.15, 0.2) is 0 Å². The van der Waals surface area contributed by atoms with Gasteiger partial charge < -0.3 is 15.4 Å². The zero-order valence-electron chi connectivity index (χ0n) is 12.3. The summed E-state index contributed by atoms with van der Waals surface area (Å²) in [6, 6.07) is 17.7. The number of carbonyl (C=O) groups is 1. The number of hydrogen-bond acceptors (Lipinski definition) is 3. The lowest BCUT2D eigenvalue weighted by Crippen LogP contribution is -2.40. The van der Waals surface area contributed by atoms with Crippen LogP contribution < -0.4 is 10.6 Å². The molecule has 1 aliphatic rings. The number of fused-ring (bicyclic) bond motifs is 1. The number of methoxy groups -OCH3 is 1. The minimum absolute atomic E-state index is 0.0450. The first kappa shape index (κ1) is 14.2. The second-order valence-corrected chi connectivity index (χ2v) is 5.14. The molecule has 0 saturated heterocycles. The Bertz CT molecular complexity index is 682. The van der Waals surface area contributed by atoms with E-state index in [0.717, 1.165) is 16.8 Å². The number of para-hydroxylation sites is 1. The molecule has 0 unspecified atom stereocenters. The molecule has 0 saturated carbocycles. The van der Waals surface area contributed by atoms with Crippen LogP contribution >= 0.6 is 0 Å². The van der Waals surface area contributed by atoms with E-state index in [-0.39, 0.29) is 12.1 Å². The Hall–Kier alpha value is -2.75. The fourth-order valence-electron chi connectivity index (χ4n) is 2.67. The monoisotopic (exact) mass is 294 g/mol. The number of benzene rings is 2. The number of carbonyl (C=O) groups excluding carboxylic acids is 1. The highest BCUT2D eigenvalue weighted by molar-refractivity contribution is 5.70. The molecule has 0 radical (unpaired) electrons. The number of anilines is 1. The molecule has 22 heavy (non-hydrogen) atoms. The quantitative estimate of drug-likeness (QED) is 0.909. The Balaban J connectivity index is 1.90. The number of amides is 1. The van der Waals surface area contributed by atoms with Gasteiger partial charge in [0.2, 0.25) is 0 Å². The van der Waals surface area contributed by atoms with Crippen molar-refractivity contribution >= 4 is 17.9 Å². The maximum Gasteiger partial charge on any atom is 0.407 e. The maximum atomic E-state index is 11.7. The molecule has 4 heteroatoms. The van der Waals surface area contributed by atoms with Crippen molar-refractivity contribution < 1.29 is 9.53 Å². The predicted octanol–water partition coefficient (Wildman–Crippen LogP) is 3.59. The molecule has 0 spiro atoms. The van der Waals surface area contributed by atoms with Crippen molar-refractivity contribution in [1.82, 2.24) is 5.32 Å². The number of hydrogen-bond donors (Lipinski definition) is 2. The molecule has 1 aliphatic carbocycles. The first-order valence-electron chi connectivity index (χ1n) is 7.21. The van der Waals surface area contributed by atoms with Gasteiger partial charge in [0, 0.05) is 5.69 Å². The van der Waals surface area contributed by atoms with Gasteiger partial charge in [-0.2, -0.15) is 0 Å². The van der Waals surface area contributed by atoms with Crippen LogP contribution in [0.1, 0.15) is 17.2 Å². The third-order valence-electron chi connectivity index (χ3n) is 3.74. The van der Waals surface area contributed by atoms with Crippen LogP contribution in [0.15, 0.2) is 60.7 Å². The van der Waals surface area contributed by atoms with Crippen LogP contribution in [-0.4, -0.2) is 19.2 Å². The maximum absolute atomic E-state index is 11.7. The van der Waals surface area contributed by atoms with E-state index in [1.165, 1.54) is 7.11 Å². The van der Waals surface area contributed by atoms with E-state index in [4.69, 9.17) is 4.74 Å². The Kier molecular flexibility index (Phi) is 4.10.